The smallest absolute Gasteiger partial charge is 0.338 e. The quantitative estimate of drug-likeness (QED) is 0.552. The molecule has 0 spiro atoms. The third-order valence-electron chi connectivity index (χ3n) is 4.74. The van der Waals surface area contributed by atoms with Crippen LogP contribution >= 0.6 is 11.8 Å². The molecule has 8 nitrogen and oxygen atoms in total. The Bertz CT molecular complexity index is 1040. The van der Waals surface area contributed by atoms with Crippen LogP contribution in [0.1, 0.15) is 37.6 Å². The predicted molar refractivity (Wildman–Crippen MR) is 129 cm³/mol. The summed E-state index contributed by atoms with van der Waals surface area (Å²) < 4.78 is 10.4. The van der Waals surface area contributed by atoms with E-state index < -0.39 is 11.2 Å². The normalized spacial score (nSPS) is 16.7. The van der Waals surface area contributed by atoms with Crippen LogP contribution in [0.5, 0.6) is 5.75 Å². The average molecular weight is 470 g/mol. The van der Waals surface area contributed by atoms with Crippen LogP contribution in [0.25, 0.3) is 0 Å². The average Bonchev–Trinajstić information content (AvgIpc) is 3.08. The van der Waals surface area contributed by atoms with Crippen molar-refractivity contribution in [1.82, 2.24) is 4.90 Å². The molecule has 0 bridgehead atoms. The Morgan fingerprint density at radius 2 is 1.85 bits per heavy atom. The molecule has 9 heteroatoms. The highest BCUT2D eigenvalue weighted by atomic mass is 32.2. The van der Waals surface area contributed by atoms with Crippen LogP contribution < -0.4 is 10.1 Å². The summed E-state index contributed by atoms with van der Waals surface area (Å²) in [5.74, 6) is -0.134. The molecule has 174 valence electrons. The molecule has 0 radical (unpaired) electrons. The number of benzene rings is 2. The first kappa shape index (κ1) is 24.3. The molecule has 1 fully saturated rings. The number of thioether (sulfide) groups is 1. The second-order valence-electron chi connectivity index (χ2n) is 7.06. The number of aliphatic imine (C=N–C) groups is 1. The Balaban J connectivity index is 1.67. The molecule has 1 atom stereocenters. The summed E-state index contributed by atoms with van der Waals surface area (Å²) in [5.41, 5.74) is 1.66. The van der Waals surface area contributed by atoms with E-state index in [9.17, 15) is 14.4 Å². The van der Waals surface area contributed by atoms with Gasteiger partial charge in [0.25, 0.3) is 0 Å². The maximum absolute atomic E-state index is 12.8. The molecule has 2 aromatic rings. The number of nitrogens with one attached hydrogen (secondary N) is 1. The fourth-order valence-electron chi connectivity index (χ4n) is 3.22. The predicted octanol–water partition coefficient (Wildman–Crippen LogP) is 4.24. The number of hydrogen-bond acceptors (Lipinski definition) is 7. The molecule has 0 saturated carbocycles. The van der Waals surface area contributed by atoms with E-state index in [4.69, 9.17) is 9.47 Å². The van der Waals surface area contributed by atoms with Gasteiger partial charge in [0.1, 0.15) is 11.0 Å². The Labute approximate surface area is 197 Å². The summed E-state index contributed by atoms with van der Waals surface area (Å²) in [6, 6.07) is 13.8. The standard InChI is InChI=1S/C24H27N3O5S/c1-4-27-22(29)20(15-21(28)25-18-8-7-9-19(14-18)31-5-2)33-24(27)26-17-12-10-16(11-13-17)23(30)32-6-3/h7-14,20H,4-6,15H2,1-3H3,(H,25,28)/t20-/m1/s1. The number of rotatable bonds is 9. The largest absolute Gasteiger partial charge is 0.494 e. The first-order chi connectivity index (χ1) is 15.9. The molecule has 3 rings (SSSR count). The van der Waals surface area contributed by atoms with Crippen molar-refractivity contribution in [3.05, 3.63) is 54.1 Å². The molecule has 1 heterocycles. The highest BCUT2D eigenvalue weighted by Crippen LogP contribution is 2.32. The van der Waals surface area contributed by atoms with Crippen molar-refractivity contribution < 1.29 is 23.9 Å². The number of anilines is 1. The van der Waals surface area contributed by atoms with Crippen LogP contribution in [0.15, 0.2) is 53.5 Å². The molecular weight excluding hydrogens is 442 g/mol. The second-order valence-corrected chi connectivity index (χ2v) is 8.23. The van der Waals surface area contributed by atoms with E-state index in [0.717, 1.165) is 0 Å². The molecule has 0 unspecified atom stereocenters. The number of ether oxygens (including phenoxy) is 2. The van der Waals surface area contributed by atoms with Crippen LogP contribution in [-0.2, 0) is 14.3 Å². The highest BCUT2D eigenvalue weighted by molar-refractivity contribution is 8.15. The zero-order chi connectivity index (χ0) is 23.8. The summed E-state index contributed by atoms with van der Waals surface area (Å²) in [4.78, 5) is 43.4. The van der Waals surface area contributed by atoms with Gasteiger partial charge < -0.3 is 14.8 Å². The number of nitrogens with zero attached hydrogens (tertiary/aromatic N) is 2. The van der Waals surface area contributed by atoms with Crippen molar-refractivity contribution in [2.75, 3.05) is 25.1 Å². The van der Waals surface area contributed by atoms with Crippen molar-refractivity contribution in [3.8, 4) is 5.75 Å². The molecule has 0 aliphatic carbocycles. The van der Waals surface area contributed by atoms with Gasteiger partial charge in [0.15, 0.2) is 5.17 Å². The monoisotopic (exact) mass is 469 g/mol. The third-order valence-corrected chi connectivity index (χ3v) is 5.91. The first-order valence-electron chi connectivity index (χ1n) is 10.8. The Morgan fingerprint density at radius 3 is 2.52 bits per heavy atom. The zero-order valence-electron chi connectivity index (χ0n) is 18.9. The first-order valence-corrected chi connectivity index (χ1v) is 11.7. The maximum atomic E-state index is 12.8. The summed E-state index contributed by atoms with van der Waals surface area (Å²) in [5, 5.41) is 2.80. The van der Waals surface area contributed by atoms with Gasteiger partial charge in [-0.3, -0.25) is 14.5 Å². The number of amides is 2. The van der Waals surface area contributed by atoms with Gasteiger partial charge >= 0.3 is 5.97 Å². The van der Waals surface area contributed by atoms with E-state index in [0.29, 0.717) is 47.6 Å². The van der Waals surface area contributed by atoms with E-state index in [1.165, 1.54) is 11.8 Å². The van der Waals surface area contributed by atoms with E-state index in [1.807, 2.05) is 19.9 Å². The maximum Gasteiger partial charge on any atom is 0.338 e. The number of carbonyl (C=O) groups is 3. The highest BCUT2D eigenvalue weighted by Gasteiger charge is 2.38. The van der Waals surface area contributed by atoms with Crippen molar-refractivity contribution in [3.63, 3.8) is 0 Å². The minimum Gasteiger partial charge on any atom is -0.494 e. The van der Waals surface area contributed by atoms with Gasteiger partial charge in [0.05, 0.1) is 24.5 Å². The molecular formula is C24H27N3O5S. The lowest BCUT2D eigenvalue weighted by molar-refractivity contribution is -0.128. The SMILES string of the molecule is CCOC(=O)c1ccc(N=C2S[C@H](CC(=O)Nc3cccc(OCC)c3)C(=O)N2CC)cc1. The fourth-order valence-corrected chi connectivity index (χ4v) is 4.45. The van der Waals surface area contributed by atoms with Gasteiger partial charge in [-0.15, -0.1) is 0 Å². The molecule has 1 aliphatic rings. The van der Waals surface area contributed by atoms with Gasteiger partial charge in [-0.1, -0.05) is 17.8 Å². The van der Waals surface area contributed by atoms with E-state index in [2.05, 4.69) is 10.3 Å². The van der Waals surface area contributed by atoms with Crippen molar-refractivity contribution in [2.24, 2.45) is 4.99 Å². The molecule has 33 heavy (non-hydrogen) atoms. The van der Waals surface area contributed by atoms with Gasteiger partial charge in [-0.2, -0.15) is 0 Å². The lowest BCUT2D eigenvalue weighted by Gasteiger charge is -2.13. The van der Waals surface area contributed by atoms with Gasteiger partial charge in [0, 0.05) is 24.7 Å². The van der Waals surface area contributed by atoms with Gasteiger partial charge in [0.2, 0.25) is 11.8 Å². The molecule has 0 aromatic heterocycles. The van der Waals surface area contributed by atoms with Crippen LogP contribution in [-0.4, -0.2) is 52.9 Å². The Morgan fingerprint density at radius 1 is 1.09 bits per heavy atom. The van der Waals surface area contributed by atoms with E-state index in [1.54, 1.807) is 54.3 Å². The minimum atomic E-state index is -0.558. The molecule has 1 saturated heterocycles. The van der Waals surface area contributed by atoms with Crippen LogP contribution in [0.4, 0.5) is 11.4 Å². The summed E-state index contributed by atoms with van der Waals surface area (Å²) in [7, 11) is 0. The van der Waals surface area contributed by atoms with E-state index >= 15 is 0 Å². The summed E-state index contributed by atoms with van der Waals surface area (Å²) >= 11 is 1.26. The molecule has 1 aliphatic heterocycles. The lowest BCUT2D eigenvalue weighted by atomic mass is 10.2. The number of carbonyl (C=O) groups excluding carboxylic acids is 3. The summed E-state index contributed by atoms with van der Waals surface area (Å²) in [6.07, 6.45) is 0.0275. The minimum absolute atomic E-state index is 0.0275. The molecule has 2 aromatic carbocycles. The number of hydrogen-bond donors (Lipinski definition) is 1. The second kappa shape index (κ2) is 11.5. The summed E-state index contributed by atoms with van der Waals surface area (Å²) in [6.45, 7) is 6.78. The molecule has 2 amide bonds. The number of esters is 1. The lowest BCUT2D eigenvalue weighted by Crippen LogP contribution is -2.33. The van der Waals surface area contributed by atoms with Gasteiger partial charge in [-0.05, 0) is 57.2 Å². The van der Waals surface area contributed by atoms with Gasteiger partial charge in [-0.25, -0.2) is 9.79 Å². The van der Waals surface area contributed by atoms with E-state index in [-0.39, 0.29) is 18.2 Å². The fraction of sp³-hybridized carbons (Fsp3) is 0.333. The zero-order valence-corrected chi connectivity index (χ0v) is 19.7. The van der Waals surface area contributed by atoms with Crippen molar-refractivity contribution in [1.29, 1.82) is 0 Å². The third kappa shape index (κ3) is 6.35. The number of amidine groups is 1. The Hall–Kier alpha value is -3.33. The topological polar surface area (TPSA) is 97.3 Å². The van der Waals surface area contributed by atoms with Crippen molar-refractivity contribution in [2.45, 2.75) is 32.4 Å². The van der Waals surface area contributed by atoms with Crippen LogP contribution in [0.3, 0.4) is 0 Å². The van der Waals surface area contributed by atoms with Crippen LogP contribution in [0.2, 0.25) is 0 Å². The van der Waals surface area contributed by atoms with Crippen molar-refractivity contribution >= 4 is 46.1 Å². The van der Waals surface area contributed by atoms with Crippen LogP contribution in [0, 0.1) is 0 Å². The Kier molecular flexibility index (Phi) is 8.48. The molecule has 1 N–H and O–H groups in total.